The van der Waals surface area contributed by atoms with Gasteiger partial charge in [-0.2, -0.15) is 0 Å². The first-order chi connectivity index (χ1) is 14.6. The molecule has 0 atom stereocenters. The molecule has 164 valence electrons. The molecule has 0 heterocycles. The summed E-state index contributed by atoms with van der Waals surface area (Å²) >= 11 is 19.3. The number of benzene rings is 3. The third-order valence-corrected chi connectivity index (χ3v) is 6.15. The van der Waals surface area contributed by atoms with Gasteiger partial charge in [0, 0.05) is 11.6 Å². The number of phenols is 2. The minimum absolute atomic E-state index is 0.00408. The molecule has 0 bridgehead atoms. The summed E-state index contributed by atoms with van der Waals surface area (Å²) in [5.41, 5.74) is 3.03. The third kappa shape index (κ3) is 4.18. The van der Waals surface area contributed by atoms with Crippen molar-refractivity contribution in [3.8, 4) is 40.2 Å². The van der Waals surface area contributed by atoms with Crippen LogP contribution >= 0.6 is 34.8 Å². The van der Waals surface area contributed by atoms with Gasteiger partial charge >= 0.3 is 0 Å². The van der Waals surface area contributed by atoms with E-state index in [2.05, 4.69) is 0 Å². The Hall–Kier alpha value is -2.47. The van der Waals surface area contributed by atoms with Crippen LogP contribution in [0.25, 0.3) is 0 Å². The summed E-state index contributed by atoms with van der Waals surface area (Å²) in [7, 11) is 1.32. The number of hydrogen-bond acceptors (Lipinski definition) is 5. The quantitative estimate of drug-likeness (QED) is 0.361. The number of ether oxygens (including phenoxy) is 3. The van der Waals surface area contributed by atoms with Crippen molar-refractivity contribution in [2.75, 3.05) is 7.11 Å². The van der Waals surface area contributed by atoms with Crippen LogP contribution in [0.15, 0.2) is 24.3 Å². The molecule has 8 heteroatoms. The standard InChI is InChI=1S/C23H21Cl3O5/c1-10-7-6-8-14(24)20(10)31-21-11(2)12(3)22(17(25)13(21)4)30-16-9-15(27)19(28)23(29-5)18(16)26/h6-9,27-28H,1-5H3. The fourth-order valence-electron chi connectivity index (χ4n) is 3.14. The van der Waals surface area contributed by atoms with Gasteiger partial charge in [-0.1, -0.05) is 46.9 Å². The van der Waals surface area contributed by atoms with Crippen LogP contribution in [-0.2, 0) is 0 Å². The van der Waals surface area contributed by atoms with Gasteiger partial charge in [0.2, 0.25) is 5.75 Å². The molecule has 3 aromatic rings. The van der Waals surface area contributed by atoms with Gasteiger partial charge in [-0.25, -0.2) is 0 Å². The molecule has 3 rings (SSSR count). The number of rotatable bonds is 5. The number of phenolic OH excluding ortho intramolecular Hbond substituents is 2. The second-order valence-electron chi connectivity index (χ2n) is 7.03. The fourth-order valence-corrected chi connectivity index (χ4v) is 3.92. The lowest BCUT2D eigenvalue weighted by Gasteiger charge is -2.21. The highest BCUT2D eigenvalue weighted by molar-refractivity contribution is 6.34. The molecule has 31 heavy (non-hydrogen) atoms. The van der Waals surface area contributed by atoms with E-state index in [0.29, 0.717) is 38.4 Å². The van der Waals surface area contributed by atoms with E-state index in [-0.39, 0.29) is 16.5 Å². The average molecular weight is 484 g/mol. The van der Waals surface area contributed by atoms with E-state index < -0.39 is 11.5 Å². The largest absolute Gasteiger partial charge is 0.504 e. The van der Waals surface area contributed by atoms with Crippen molar-refractivity contribution in [3.05, 3.63) is 61.6 Å². The molecule has 5 nitrogen and oxygen atoms in total. The van der Waals surface area contributed by atoms with Crippen molar-refractivity contribution < 1.29 is 24.4 Å². The van der Waals surface area contributed by atoms with Crippen LogP contribution in [0.5, 0.6) is 40.2 Å². The van der Waals surface area contributed by atoms with Crippen LogP contribution in [-0.4, -0.2) is 17.3 Å². The van der Waals surface area contributed by atoms with Gasteiger partial charge in [0.15, 0.2) is 17.2 Å². The van der Waals surface area contributed by atoms with Crippen LogP contribution in [0.3, 0.4) is 0 Å². The zero-order valence-electron chi connectivity index (χ0n) is 17.6. The van der Waals surface area contributed by atoms with Crippen LogP contribution in [0.4, 0.5) is 0 Å². The molecule has 0 spiro atoms. The molecule has 0 aliphatic carbocycles. The first-order valence-corrected chi connectivity index (χ1v) is 10.4. The van der Waals surface area contributed by atoms with Crippen molar-refractivity contribution in [1.29, 1.82) is 0 Å². The SMILES string of the molecule is COc1c(O)c(O)cc(Oc2c(C)c(C)c(Oc3c(C)cccc3Cl)c(C)c2Cl)c1Cl. The van der Waals surface area contributed by atoms with Crippen LogP contribution in [0, 0.1) is 27.7 Å². The Bertz CT molecular complexity index is 1130. The number of methoxy groups -OCH3 is 1. The highest BCUT2D eigenvalue weighted by Gasteiger charge is 2.24. The van der Waals surface area contributed by atoms with Gasteiger partial charge in [-0.15, -0.1) is 0 Å². The maximum absolute atomic E-state index is 9.99. The van der Waals surface area contributed by atoms with Gasteiger partial charge in [0.1, 0.15) is 22.3 Å². The number of aryl methyl sites for hydroxylation is 1. The van der Waals surface area contributed by atoms with Gasteiger partial charge < -0.3 is 24.4 Å². The molecule has 0 radical (unpaired) electrons. The van der Waals surface area contributed by atoms with Crippen LogP contribution in [0.2, 0.25) is 15.1 Å². The Kier molecular flexibility index (Phi) is 6.70. The Balaban J connectivity index is 2.11. The first kappa shape index (κ1) is 23.2. The lowest BCUT2D eigenvalue weighted by Crippen LogP contribution is -2.00. The van der Waals surface area contributed by atoms with Gasteiger partial charge in [-0.05, 0) is 50.5 Å². The molecule has 0 saturated heterocycles. The summed E-state index contributed by atoms with van der Waals surface area (Å²) in [4.78, 5) is 0. The summed E-state index contributed by atoms with van der Waals surface area (Å²) in [6, 6.07) is 6.71. The fraction of sp³-hybridized carbons (Fsp3) is 0.217. The van der Waals surface area contributed by atoms with Crippen molar-refractivity contribution >= 4 is 34.8 Å². The summed E-state index contributed by atoms with van der Waals surface area (Å²) < 4.78 is 17.2. The first-order valence-electron chi connectivity index (χ1n) is 9.26. The number of para-hydroxylation sites is 1. The molecular weight excluding hydrogens is 463 g/mol. The summed E-state index contributed by atoms with van der Waals surface area (Å²) in [5, 5.41) is 20.7. The molecule has 0 unspecified atom stereocenters. The van der Waals surface area contributed by atoms with Crippen molar-refractivity contribution in [1.82, 2.24) is 0 Å². The maximum Gasteiger partial charge on any atom is 0.202 e. The second kappa shape index (κ2) is 8.95. The smallest absolute Gasteiger partial charge is 0.202 e. The molecule has 0 amide bonds. The topological polar surface area (TPSA) is 68.2 Å². The molecule has 0 aromatic heterocycles. The van der Waals surface area contributed by atoms with Gasteiger partial charge in [0.05, 0.1) is 17.2 Å². The Morgan fingerprint density at radius 2 is 1.39 bits per heavy atom. The predicted octanol–water partition coefficient (Wildman–Crippen LogP) is 7.88. The summed E-state index contributed by atoms with van der Waals surface area (Å²) in [5.74, 6) is 0.524. The van der Waals surface area contributed by atoms with E-state index in [9.17, 15) is 10.2 Å². The number of aromatic hydroxyl groups is 2. The molecule has 0 aliphatic rings. The van der Waals surface area contributed by atoms with Gasteiger partial charge in [0.25, 0.3) is 0 Å². The minimum Gasteiger partial charge on any atom is -0.504 e. The van der Waals surface area contributed by atoms with Crippen LogP contribution in [0.1, 0.15) is 22.3 Å². The predicted molar refractivity (Wildman–Crippen MR) is 123 cm³/mol. The molecule has 0 aliphatic heterocycles. The van der Waals surface area contributed by atoms with Crippen molar-refractivity contribution in [2.24, 2.45) is 0 Å². The second-order valence-corrected chi connectivity index (χ2v) is 8.19. The lowest BCUT2D eigenvalue weighted by molar-refractivity contribution is 0.346. The lowest BCUT2D eigenvalue weighted by atomic mass is 10.0. The van der Waals surface area contributed by atoms with E-state index in [1.165, 1.54) is 13.2 Å². The van der Waals surface area contributed by atoms with E-state index in [0.717, 1.165) is 11.1 Å². The van der Waals surface area contributed by atoms with E-state index in [4.69, 9.17) is 49.0 Å². The molecule has 3 aromatic carbocycles. The number of hydrogen-bond donors (Lipinski definition) is 2. The van der Waals surface area contributed by atoms with E-state index in [1.807, 2.05) is 32.9 Å². The van der Waals surface area contributed by atoms with Crippen LogP contribution < -0.4 is 14.2 Å². The highest BCUT2D eigenvalue weighted by Crippen LogP contribution is 2.50. The highest BCUT2D eigenvalue weighted by atomic mass is 35.5. The molecule has 0 fully saturated rings. The minimum atomic E-state index is -0.478. The molecule has 0 saturated carbocycles. The maximum atomic E-state index is 9.99. The normalized spacial score (nSPS) is 10.8. The zero-order chi connectivity index (χ0) is 23.0. The number of halogens is 3. The summed E-state index contributed by atoms with van der Waals surface area (Å²) in [6.07, 6.45) is 0. The Morgan fingerprint density at radius 3 is 2.00 bits per heavy atom. The summed E-state index contributed by atoms with van der Waals surface area (Å²) in [6.45, 7) is 7.42. The molecular formula is C23H21Cl3O5. The third-order valence-electron chi connectivity index (χ3n) is 5.04. The molecule has 2 N–H and O–H groups in total. The Labute approximate surface area is 195 Å². The monoisotopic (exact) mass is 482 g/mol. The van der Waals surface area contributed by atoms with E-state index >= 15 is 0 Å². The van der Waals surface area contributed by atoms with Crippen molar-refractivity contribution in [3.63, 3.8) is 0 Å². The van der Waals surface area contributed by atoms with Gasteiger partial charge in [-0.3, -0.25) is 0 Å². The Morgan fingerprint density at radius 1 is 0.742 bits per heavy atom. The zero-order valence-corrected chi connectivity index (χ0v) is 19.8. The van der Waals surface area contributed by atoms with Crippen molar-refractivity contribution in [2.45, 2.75) is 27.7 Å². The van der Waals surface area contributed by atoms with E-state index in [1.54, 1.807) is 13.0 Å². The average Bonchev–Trinajstić information content (AvgIpc) is 2.73.